The van der Waals surface area contributed by atoms with Gasteiger partial charge in [0.25, 0.3) is 11.8 Å². The van der Waals surface area contributed by atoms with E-state index in [-0.39, 0.29) is 54.7 Å². The average Bonchev–Trinajstić information content (AvgIpc) is 3.29. The summed E-state index contributed by atoms with van der Waals surface area (Å²) in [5.74, 6) is -2.07. The van der Waals surface area contributed by atoms with Crippen molar-refractivity contribution in [2.45, 2.75) is 60.8 Å². The van der Waals surface area contributed by atoms with E-state index in [2.05, 4.69) is 36.3 Å². The zero-order valence-corrected chi connectivity index (χ0v) is 27.2. The van der Waals surface area contributed by atoms with Crippen LogP contribution < -0.4 is 16.4 Å². The number of fused-ring (bicyclic) bond motifs is 1. The number of rotatable bonds is 10. The predicted octanol–water partition coefficient (Wildman–Crippen LogP) is 3.81. The van der Waals surface area contributed by atoms with Crippen LogP contribution >= 0.6 is 17.0 Å². The molecule has 4 amide bonds. The molecule has 0 bridgehead atoms. The van der Waals surface area contributed by atoms with Gasteiger partial charge in [0, 0.05) is 18.5 Å². The molecule has 2 aromatic carbocycles. The molecule has 234 valence electrons. The third-order valence-electron chi connectivity index (χ3n) is 6.62. The van der Waals surface area contributed by atoms with Crippen LogP contribution in [0.3, 0.4) is 0 Å². The Bertz CT molecular complexity index is 1160. The van der Waals surface area contributed by atoms with Gasteiger partial charge in [-0.05, 0) is 62.8 Å². The van der Waals surface area contributed by atoms with Crippen molar-refractivity contribution in [2.24, 2.45) is 11.1 Å². The van der Waals surface area contributed by atoms with Gasteiger partial charge in [-0.15, -0.1) is 22.0 Å². The van der Waals surface area contributed by atoms with Crippen LogP contribution in [0.1, 0.15) is 60.8 Å². The fourth-order valence-corrected chi connectivity index (χ4v) is 3.40. The Hall–Kier alpha value is -3.35. The van der Waals surface area contributed by atoms with Gasteiger partial charge in [0.1, 0.15) is 0 Å². The Labute approximate surface area is 259 Å². The van der Waals surface area contributed by atoms with Crippen molar-refractivity contribution >= 4 is 63.0 Å². The molecule has 3 rings (SSSR count). The molecular formula is C30H46BrN5O6. The summed E-state index contributed by atoms with van der Waals surface area (Å²) >= 11 is 0. The van der Waals surface area contributed by atoms with E-state index in [1.54, 1.807) is 13.8 Å². The average molecular weight is 653 g/mol. The molecular weight excluding hydrogens is 606 g/mol. The lowest BCUT2D eigenvalue weighted by Gasteiger charge is -2.22. The molecule has 1 heterocycles. The normalized spacial score (nSPS) is 12.4. The third-order valence-corrected chi connectivity index (χ3v) is 6.62. The molecule has 0 atom stereocenters. The van der Waals surface area contributed by atoms with E-state index in [1.165, 1.54) is 19.6 Å². The Balaban J connectivity index is 0.000000655. The number of carbonyl (C=O) groups is 5. The predicted molar refractivity (Wildman–Crippen MR) is 170 cm³/mol. The van der Waals surface area contributed by atoms with E-state index < -0.39 is 23.2 Å². The monoisotopic (exact) mass is 651 g/mol. The van der Waals surface area contributed by atoms with Crippen molar-refractivity contribution < 1.29 is 28.8 Å². The number of carbonyl (C=O) groups excluding carboxylic acids is 5. The number of amides is 4. The summed E-state index contributed by atoms with van der Waals surface area (Å²) in [6, 6.07) is 13.5. The van der Waals surface area contributed by atoms with Gasteiger partial charge < -0.3 is 26.1 Å². The second kappa shape index (κ2) is 19.7. The van der Waals surface area contributed by atoms with Gasteiger partial charge in [0.05, 0.1) is 18.5 Å². The first-order valence-electron chi connectivity index (χ1n) is 14.0. The molecule has 0 aliphatic carbocycles. The minimum Gasteiger partial charge on any atom is -0.346 e. The largest absolute Gasteiger partial charge is 0.346 e. The van der Waals surface area contributed by atoms with Crippen LogP contribution in [0.5, 0.6) is 0 Å². The number of hydrogen-bond donors (Lipinski definition) is 3. The fraction of sp³-hybridized carbons (Fsp3) is 0.500. The highest BCUT2D eigenvalue weighted by Gasteiger charge is 2.37. The van der Waals surface area contributed by atoms with Crippen molar-refractivity contribution in [1.29, 1.82) is 0 Å². The van der Waals surface area contributed by atoms with E-state index in [9.17, 15) is 24.0 Å². The minimum atomic E-state index is -0.677. The highest BCUT2D eigenvalue weighted by Crippen LogP contribution is 2.24. The van der Waals surface area contributed by atoms with E-state index in [1.807, 2.05) is 49.4 Å². The molecule has 11 nitrogen and oxygen atoms in total. The lowest BCUT2D eigenvalue weighted by molar-refractivity contribution is -0.204. The van der Waals surface area contributed by atoms with Gasteiger partial charge in [-0.1, -0.05) is 58.0 Å². The van der Waals surface area contributed by atoms with Gasteiger partial charge >= 0.3 is 5.97 Å². The minimum absolute atomic E-state index is 0. The van der Waals surface area contributed by atoms with Crippen LogP contribution in [0, 0.1) is 5.41 Å². The summed E-state index contributed by atoms with van der Waals surface area (Å²) < 4.78 is 0. The molecule has 0 radical (unpaired) electrons. The molecule has 0 saturated carbocycles. The number of nitrogens with zero attached hydrogens (tertiary/aromatic N) is 2. The molecule has 42 heavy (non-hydrogen) atoms. The molecule has 1 aliphatic heterocycles. The first-order chi connectivity index (χ1) is 19.4. The smallest absolute Gasteiger partial charge is 0.338 e. The first-order valence-corrected chi connectivity index (χ1v) is 14.0. The topological polar surface area (TPSA) is 151 Å². The van der Waals surface area contributed by atoms with E-state index in [0.717, 1.165) is 10.8 Å². The van der Waals surface area contributed by atoms with Gasteiger partial charge in [0.2, 0.25) is 11.8 Å². The summed E-state index contributed by atoms with van der Waals surface area (Å²) in [7, 11) is 0. The summed E-state index contributed by atoms with van der Waals surface area (Å²) in [6.07, 6.45) is 0.833. The summed E-state index contributed by atoms with van der Waals surface area (Å²) in [5.41, 5.74) is 5.15. The first kappa shape index (κ1) is 38.6. The molecule has 2 aromatic rings. The van der Waals surface area contributed by atoms with Crippen molar-refractivity contribution in [3.63, 3.8) is 0 Å². The number of benzene rings is 2. The van der Waals surface area contributed by atoms with Crippen molar-refractivity contribution in [1.82, 2.24) is 15.3 Å². The third kappa shape index (κ3) is 13.1. The maximum Gasteiger partial charge on any atom is 0.338 e. The second-order valence-corrected chi connectivity index (χ2v) is 9.91. The van der Waals surface area contributed by atoms with Crippen LogP contribution in [0.25, 0.3) is 10.8 Å². The standard InChI is InChI=1S/C14H15N3O2.C10H15NO4.C6H15N.BrH/c15-8-13(18)16-9-14(19)17-12-6-5-10-3-1-2-4-11(10)7-12;1-4-10(2,3)9(14)15-11-7(12)5-6-8(11)13;1-4-7(5-2)6-3;/h1-7H,8-9,15H2,(H,16,18)(H,17,19);4-6H2,1-3H3;4-6H2,1-3H3;1H. The molecule has 0 spiro atoms. The Morgan fingerprint density at radius 2 is 1.45 bits per heavy atom. The molecule has 4 N–H and O–H groups in total. The van der Waals surface area contributed by atoms with Gasteiger partial charge in [-0.3, -0.25) is 19.2 Å². The van der Waals surface area contributed by atoms with Crippen molar-refractivity contribution in [3.8, 4) is 0 Å². The van der Waals surface area contributed by atoms with Crippen molar-refractivity contribution in [3.05, 3.63) is 42.5 Å². The van der Waals surface area contributed by atoms with E-state index in [0.29, 0.717) is 17.2 Å². The maximum atomic E-state index is 11.6. The Kier molecular flexibility index (Phi) is 18.1. The van der Waals surface area contributed by atoms with E-state index >= 15 is 0 Å². The van der Waals surface area contributed by atoms with Crippen LogP contribution in [0.2, 0.25) is 0 Å². The molecule has 0 aromatic heterocycles. The van der Waals surface area contributed by atoms with Crippen LogP contribution in [0.4, 0.5) is 5.69 Å². The number of imide groups is 1. The number of hydrogen-bond acceptors (Lipinski definition) is 8. The zero-order valence-electron chi connectivity index (χ0n) is 25.5. The number of nitrogens with two attached hydrogens (primary N) is 1. The molecule has 1 aliphatic rings. The molecule has 0 unspecified atom stereocenters. The molecule has 12 heteroatoms. The van der Waals surface area contributed by atoms with Crippen LogP contribution in [0.15, 0.2) is 42.5 Å². The highest BCUT2D eigenvalue weighted by atomic mass is 79.9. The summed E-state index contributed by atoms with van der Waals surface area (Å²) in [6.45, 7) is 15.2. The second-order valence-electron chi connectivity index (χ2n) is 9.91. The number of nitrogens with one attached hydrogen (secondary N) is 2. The lowest BCUT2D eigenvalue weighted by atomic mass is 9.91. The van der Waals surface area contributed by atoms with Crippen LogP contribution in [-0.4, -0.2) is 72.3 Å². The number of anilines is 1. The quantitative estimate of drug-likeness (QED) is 0.328. The molecule has 1 saturated heterocycles. The van der Waals surface area contributed by atoms with Gasteiger partial charge in [-0.2, -0.15) is 0 Å². The number of halogens is 1. The Morgan fingerprint density at radius 3 is 1.93 bits per heavy atom. The highest BCUT2D eigenvalue weighted by molar-refractivity contribution is 8.93. The Morgan fingerprint density at radius 1 is 0.905 bits per heavy atom. The van der Waals surface area contributed by atoms with Crippen LogP contribution in [-0.2, 0) is 28.8 Å². The van der Waals surface area contributed by atoms with E-state index in [4.69, 9.17) is 10.6 Å². The van der Waals surface area contributed by atoms with Crippen molar-refractivity contribution in [2.75, 3.05) is 38.0 Å². The maximum absolute atomic E-state index is 11.6. The lowest BCUT2D eigenvalue weighted by Crippen LogP contribution is -2.37. The fourth-order valence-electron chi connectivity index (χ4n) is 3.40. The zero-order chi connectivity index (χ0) is 31.0. The number of hydroxylamine groups is 2. The molecule has 1 fully saturated rings. The summed E-state index contributed by atoms with van der Waals surface area (Å²) in [5, 5.41) is 7.87. The SMILES string of the molecule is Br.CCC(C)(C)C(=O)ON1C(=O)CCC1=O.CCN(CC)CC.NCC(=O)NCC(=O)Nc1ccc2ccccc2c1. The van der Waals surface area contributed by atoms with Gasteiger partial charge in [-0.25, -0.2) is 4.79 Å². The van der Waals surface area contributed by atoms with Gasteiger partial charge in [0.15, 0.2) is 0 Å². The summed E-state index contributed by atoms with van der Waals surface area (Å²) in [4.78, 5) is 63.6.